The van der Waals surface area contributed by atoms with Gasteiger partial charge in [-0.15, -0.1) is 0 Å². The molecule has 0 aromatic carbocycles. The molecule has 0 bridgehead atoms. The maximum absolute atomic E-state index is 12.1. The van der Waals surface area contributed by atoms with Crippen molar-refractivity contribution in [3.63, 3.8) is 0 Å². The van der Waals surface area contributed by atoms with Crippen molar-refractivity contribution in [1.29, 1.82) is 0 Å². The van der Waals surface area contributed by atoms with E-state index in [1.165, 1.54) is 12.7 Å². The number of amides is 2. The van der Waals surface area contributed by atoms with Crippen LogP contribution in [-0.4, -0.2) is 104 Å². The summed E-state index contributed by atoms with van der Waals surface area (Å²) in [6.07, 6.45) is -2.41. The number of rotatable bonds is 8. The van der Waals surface area contributed by atoms with E-state index in [1.54, 1.807) is 7.05 Å². The number of aliphatic hydroxyl groups excluding tert-OH is 3. The highest BCUT2D eigenvalue weighted by molar-refractivity contribution is 5.85. The predicted molar refractivity (Wildman–Crippen MR) is 102 cm³/mol. The molecule has 1 aliphatic rings. The maximum Gasteiger partial charge on any atom is 0.239 e. The summed E-state index contributed by atoms with van der Waals surface area (Å²) in [6.45, 7) is -0.832. The number of hydrogen-bond donors (Lipinski definition) is 8. The fourth-order valence-electron chi connectivity index (χ4n) is 3.07. The standard InChI is InChI=1S/C16H24N8O6/c1-17-2-8(26)18-3-9(27)23-10-7(4-25)30-16(13(29)12(10)28)24-15-11-14(20-5-19-11)21-6-22-15/h5-7,10,12-13,16-17,25,28-29H,2-4H2,1H3,(H,18,26)(H,23,27)(H2,19,20,21,22,24)/t7-,10-,12+,13-,16-/m0/s1. The monoisotopic (exact) mass is 424 g/mol. The van der Waals surface area contributed by atoms with Crippen LogP contribution in [-0.2, 0) is 14.3 Å². The lowest BCUT2D eigenvalue weighted by molar-refractivity contribution is -0.185. The largest absolute Gasteiger partial charge is 0.394 e. The van der Waals surface area contributed by atoms with Crippen molar-refractivity contribution in [3.8, 4) is 0 Å². The van der Waals surface area contributed by atoms with Crippen molar-refractivity contribution in [3.05, 3.63) is 12.7 Å². The van der Waals surface area contributed by atoms with Crippen LogP contribution in [0.3, 0.4) is 0 Å². The first kappa shape index (κ1) is 21.8. The van der Waals surface area contributed by atoms with Crippen LogP contribution in [0.4, 0.5) is 5.82 Å². The lowest BCUT2D eigenvalue weighted by Gasteiger charge is -2.42. The lowest BCUT2D eigenvalue weighted by Crippen LogP contribution is -2.66. The number of ether oxygens (including phenoxy) is 1. The smallest absolute Gasteiger partial charge is 0.239 e. The molecule has 2 aromatic rings. The second-order valence-corrected chi connectivity index (χ2v) is 6.63. The molecule has 2 amide bonds. The Balaban J connectivity index is 1.65. The second-order valence-electron chi connectivity index (χ2n) is 6.63. The first-order valence-corrected chi connectivity index (χ1v) is 9.18. The van der Waals surface area contributed by atoms with Gasteiger partial charge < -0.3 is 46.3 Å². The molecule has 1 fully saturated rings. The van der Waals surface area contributed by atoms with Gasteiger partial charge in [-0.05, 0) is 7.05 Å². The van der Waals surface area contributed by atoms with Gasteiger partial charge in [0, 0.05) is 0 Å². The molecule has 0 spiro atoms. The Bertz CT molecular complexity index is 876. The molecule has 14 heteroatoms. The van der Waals surface area contributed by atoms with Crippen molar-refractivity contribution in [2.24, 2.45) is 0 Å². The molecule has 8 N–H and O–H groups in total. The summed E-state index contributed by atoms with van der Waals surface area (Å²) in [5.41, 5.74) is 0.860. The molecule has 2 aromatic heterocycles. The molecule has 30 heavy (non-hydrogen) atoms. The molecular formula is C16H24N8O6. The van der Waals surface area contributed by atoms with E-state index in [1.807, 2.05) is 0 Å². The third kappa shape index (κ3) is 4.80. The van der Waals surface area contributed by atoms with Gasteiger partial charge >= 0.3 is 0 Å². The quantitative estimate of drug-likeness (QED) is 0.205. The molecule has 1 saturated heterocycles. The van der Waals surface area contributed by atoms with Crippen LogP contribution < -0.4 is 21.3 Å². The van der Waals surface area contributed by atoms with E-state index < -0.39 is 43.1 Å². The van der Waals surface area contributed by atoms with Crippen molar-refractivity contribution >= 4 is 28.8 Å². The maximum atomic E-state index is 12.1. The Morgan fingerprint density at radius 1 is 1.17 bits per heavy atom. The third-order valence-electron chi connectivity index (χ3n) is 4.54. The molecular weight excluding hydrogens is 400 g/mol. The van der Waals surface area contributed by atoms with Crippen LogP contribution in [0.15, 0.2) is 12.7 Å². The number of aliphatic hydroxyl groups is 3. The number of fused-ring (bicyclic) bond motifs is 1. The second kappa shape index (κ2) is 9.73. The van der Waals surface area contributed by atoms with Crippen molar-refractivity contribution in [2.75, 3.05) is 32.1 Å². The number of likely N-dealkylation sites (N-methyl/N-ethyl adjacent to an activating group) is 1. The average molecular weight is 424 g/mol. The molecule has 14 nitrogen and oxygen atoms in total. The van der Waals surface area contributed by atoms with E-state index in [4.69, 9.17) is 4.74 Å². The van der Waals surface area contributed by atoms with Gasteiger partial charge in [-0.1, -0.05) is 0 Å². The van der Waals surface area contributed by atoms with Crippen LogP contribution in [0, 0.1) is 0 Å². The molecule has 1 aliphatic heterocycles. The van der Waals surface area contributed by atoms with Gasteiger partial charge in [-0.2, -0.15) is 0 Å². The van der Waals surface area contributed by atoms with Crippen LogP contribution in [0.25, 0.3) is 11.2 Å². The molecule has 3 heterocycles. The van der Waals surface area contributed by atoms with E-state index in [-0.39, 0.29) is 24.8 Å². The minimum absolute atomic E-state index is 0.0421. The first-order chi connectivity index (χ1) is 14.4. The number of H-pyrrole nitrogens is 1. The number of nitrogens with zero attached hydrogens (tertiary/aromatic N) is 3. The van der Waals surface area contributed by atoms with Gasteiger partial charge in [0.25, 0.3) is 0 Å². The Morgan fingerprint density at radius 3 is 2.70 bits per heavy atom. The Labute approximate surface area is 170 Å². The van der Waals surface area contributed by atoms with E-state index in [0.717, 1.165) is 0 Å². The topological polar surface area (TPSA) is 207 Å². The third-order valence-corrected chi connectivity index (χ3v) is 4.54. The normalized spacial score (nSPS) is 26.3. The summed E-state index contributed by atoms with van der Waals surface area (Å²) in [4.78, 5) is 38.4. The highest BCUT2D eigenvalue weighted by atomic mass is 16.5. The molecule has 5 atom stereocenters. The number of aromatic amines is 1. The van der Waals surface area contributed by atoms with Crippen LogP contribution in [0.1, 0.15) is 0 Å². The van der Waals surface area contributed by atoms with Gasteiger partial charge in [0.1, 0.15) is 30.2 Å². The number of nitrogens with one attached hydrogen (secondary N) is 5. The highest BCUT2D eigenvalue weighted by Crippen LogP contribution is 2.24. The molecule has 164 valence electrons. The van der Waals surface area contributed by atoms with E-state index in [2.05, 4.69) is 41.2 Å². The number of anilines is 1. The van der Waals surface area contributed by atoms with Gasteiger partial charge in [0.15, 0.2) is 17.7 Å². The van der Waals surface area contributed by atoms with Gasteiger partial charge in [-0.3, -0.25) is 9.59 Å². The zero-order valence-corrected chi connectivity index (χ0v) is 16.1. The molecule has 3 rings (SSSR count). The molecule has 0 aliphatic carbocycles. The van der Waals surface area contributed by atoms with E-state index in [9.17, 15) is 24.9 Å². The lowest BCUT2D eigenvalue weighted by atomic mass is 9.95. The number of carbonyl (C=O) groups excluding carboxylic acids is 2. The SMILES string of the molecule is CNCC(=O)NCC(=O)N[C@@H]1[C@@H](O)[C@H](O)[C@@H](Nc2ncnc3nc[nH]c23)O[C@H]1CO. The number of hydrogen-bond acceptors (Lipinski definition) is 11. The summed E-state index contributed by atoms with van der Waals surface area (Å²) < 4.78 is 5.65. The van der Waals surface area contributed by atoms with Gasteiger partial charge in [-0.25, -0.2) is 15.0 Å². The van der Waals surface area contributed by atoms with Crippen LogP contribution >= 0.6 is 0 Å². The zero-order chi connectivity index (χ0) is 21.7. The first-order valence-electron chi connectivity index (χ1n) is 9.18. The summed E-state index contributed by atoms with van der Waals surface area (Å²) in [5.74, 6) is -0.717. The van der Waals surface area contributed by atoms with Crippen LogP contribution in [0.5, 0.6) is 0 Å². The fraction of sp³-hybridized carbons (Fsp3) is 0.562. The zero-order valence-electron chi connectivity index (χ0n) is 16.1. The highest BCUT2D eigenvalue weighted by Gasteiger charge is 2.45. The number of carbonyl (C=O) groups is 2. The Morgan fingerprint density at radius 2 is 1.97 bits per heavy atom. The predicted octanol–water partition coefficient (Wildman–Crippen LogP) is -3.98. The average Bonchev–Trinajstić information content (AvgIpc) is 3.22. The minimum atomic E-state index is -1.47. The Hall–Kier alpha value is -2.91. The van der Waals surface area contributed by atoms with Crippen molar-refractivity contribution in [1.82, 2.24) is 35.9 Å². The van der Waals surface area contributed by atoms with E-state index >= 15 is 0 Å². The molecule has 0 saturated carbocycles. The van der Waals surface area contributed by atoms with Crippen molar-refractivity contribution in [2.45, 2.75) is 30.6 Å². The molecule has 0 radical (unpaired) electrons. The number of aromatic nitrogens is 4. The fourth-order valence-corrected chi connectivity index (χ4v) is 3.07. The van der Waals surface area contributed by atoms with Gasteiger partial charge in [0.05, 0.1) is 32.1 Å². The van der Waals surface area contributed by atoms with Crippen LogP contribution in [0.2, 0.25) is 0 Å². The summed E-state index contributed by atoms with van der Waals surface area (Å²) in [7, 11) is 1.59. The van der Waals surface area contributed by atoms with Crippen molar-refractivity contribution < 1.29 is 29.6 Å². The summed E-state index contributed by atoms with van der Waals surface area (Å²) >= 11 is 0. The van der Waals surface area contributed by atoms with Gasteiger partial charge in [0.2, 0.25) is 11.8 Å². The molecule has 0 unspecified atom stereocenters. The summed E-state index contributed by atoms with van der Waals surface area (Å²) in [5, 5.41) is 41.0. The number of imidazole rings is 1. The Kier molecular flexibility index (Phi) is 7.07. The van der Waals surface area contributed by atoms with E-state index in [0.29, 0.717) is 11.2 Å². The summed E-state index contributed by atoms with van der Waals surface area (Å²) in [6, 6.07) is -1.10. The minimum Gasteiger partial charge on any atom is -0.394 e.